The second-order valence-electron chi connectivity index (χ2n) is 5.86. The third kappa shape index (κ3) is 2.97. The summed E-state index contributed by atoms with van der Waals surface area (Å²) in [5.74, 6) is -1.24. The van der Waals surface area contributed by atoms with Gasteiger partial charge in [0.25, 0.3) is 0 Å². The number of amides is 2. The van der Waals surface area contributed by atoms with Crippen LogP contribution in [0.4, 0.5) is 10.1 Å². The molecule has 1 atom stereocenters. The Bertz CT molecular complexity index is 581. The molecule has 0 aromatic heterocycles. The molecule has 118 valence electrons. The molecule has 2 aliphatic rings. The third-order valence-corrected chi connectivity index (χ3v) is 4.26. The summed E-state index contributed by atoms with van der Waals surface area (Å²) >= 11 is 0. The van der Waals surface area contributed by atoms with E-state index >= 15 is 0 Å². The number of nitrogens with one attached hydrogen (secondary N) is 2. The first-order chi connectivity index (χ1) is 10.6. The van der Waals surface area contributed by atoms with Crippen LogP contribution in [0, 0.1) is 11.2 Å². The van der Waals surface area contributed by atoms with Crippen molar-refractivity contribution < 1.29 is 18.7 Å². The van der Waals surface area contributed by atoms with Gasteiger partial charge in [-0.15, -0.1) is 0 Å². The molecule has 5 nitrogen and oxygen atoms in total. The van der Waals surface area contributed by atoms with Gasteiger partial charge in [0.1, 0.15) is 11.2 Å². The molecule has 6 heteroatoms. The standard InChI is InChI=1S/C16H19FN2O3/c17-12-5-1-2-6-13(12)19-15(21)16(7-8-16)14(20)18-10-11-4-3-9-22-11/h1-2,5-6,11H,3-4,7-10H2,(H,18,20)(H,19,21). The van der Waals surface area contributed by atoms with Gasteiger partial charge in [-0.25, -0.2) is 4.39 Å². The Morgan fingerprint density at radius 1 is 1.27 bits per heavy atom. The number of para-hydroxylation sites is 1. The molecular formula is C16H19FN2O3. The maximum Gasteiger partial charge on any atom is 0.240 e. The minimum absolute atomic E-state index is 0.0365. The first kappa shape index (κ1) is 15.0. The van der Waals surface area contributed by atoms with E-state index in [2.05, 4.69) is 10.6 Å². The Morgan fingerprint density at radius 2 is 2.05 bits per heavy atom. The van der Waals surface area contributed by atoms with Gasteiger partial charge in [-0.1, -0.05) is 12.1 Å². The first-order valence-corrected chi connectivity index (χ1v) is 7.58. The van der Waals surface area contributed by atoms with Crippen LogP contribution in [-0.2, 0) is 14.3 Å². The second-order valence-corrected chi connectivity index (χ2v) is 5.86. The van der Waals surface area contributed by atoms with E-state index in [-0.39, 0.29) is 17.7 Å². The molecule has 0 radical (unpaired) electrons. The Hall–Kier alpha value is -1.95. The molecule has 1 aliphatic heterocycles. The lowest BCUT2D eigenvalue weighted by Gasteiger charge is -2.17. The van der Waals surface area contributed by atoms with Crippen LogP contribution in [-0.4, -0.2) is 31.1 Å². The van der Waals surface area contributed by atoms with Gasteiger partial charge < -0.3 is 15.4 Å². The van der Waals surface area contributed by atoms with E-state index in [1.807, 2.05) is 0 Å². The van der Waals surface area contributed by atoms with Crippen LogP contribution in [0.25, 0.3) is 0 Å². The number of anilines is 1. The number of halogens is 1. The van der Waals surface area contributed by atoms with Crippen LogP contribution in [0.3, 0.4) is 0 Å². The van der Waals surface area contributed by atoms with Gasteiger partial charge in [0.15, 0.2) is 0 Å². The first-order valence-electron chi connectivity index (χ1n) is 7.58. The van der Waals surface area contributed by atoms with Crippen molar-refractivity contribution in [1.82, 2.24) is 5.32 Å². The maximum atomic E-state index is 13.6. The Balaban J connectivity index is 1.58. The molecule has 0 bridgehead atoms. The number of hydrogen-bond acceptors (Lipinski definition) is 3. The number of hydrogen-bond donors (Lipinski definition) is 2. The number of rotatable bonds is 5. The van der Waals surface area contributed by atoms with Crippen molar-refractivity contribution in [2.45, 2.75) is 31.8 Å². The fraction of sp³-hybridized carbons (Fsp3) is 0.500. The summed E-state index contributed by atoms with van der Waals surface area (Å²) in [7, 11) is 0. The maximum absolute atomic E-state index is 13.6. The predicted molar refractivity (Wildman–Crippen MR) is 78.7 cm³/mol. The van der Waals surface area contributed by atoms with Gasteiger partial charge in [-0.3, -0.25) is 9.59 Å². The molecule has 1 unspecified atom stereocenters. The molecular weight excluding hydrogens is 287 g/mol. The van der Waals surface area contributed by atoms with Crippen LogP contribution in [0.5, 0.6) is 0 Å². The van der Waals surface area contributed by atoms with Crippen LogP contribution >= 0.6 is 0 Å². The van der Waals surface area contributed by atoms with Gasteiger partial charge in [0.05, 0.1) is 11.8 Å². The summed E-state index contributed by atoms with van der Waals surface area (Å²) in [5, 5.41) is 5.31. The summed E-state index contributed by atoms with van der Waals surface area (Å²) < 4.78 is 19.0. The van der Waals surface area contributed by atoms with Gasteiger partial charge in [0.2, 0.25) is 11.8 Å². The Kier molecular flexibility index (Phi) is 4.11. The summed E-state index contributed by atoms with van der Waals surface area (Å²) in [4.78, 5) is 24.6. The second kappa shape index (κ2) is 6.04. The summed E-state index contributed by atoms with van der Waals surface area (Å²) in [6.45, 7) is 1.15. The van der Waals surface area contributed by atoms with Crippen molar-refractivity contribution in [2.75, 3.05) is 18.5 Å². The molecule has 2 fully saturated rings. The van der Waals surface area contributed by atoms with Gasteiger partial charge in [-0.2, -0.15) is 0 Å². The van der Waals surface area contributed by atoms with E-state index in [0.717, 1.165) is 19.4 Å². The minimum Gasteiger partial charge on any atom is -0.376 e. The normalized spacial score (nSPS) is 22.1. The number of carbonyl (C=O) groups excluding carboxylic acids is 2. The molecule has 1 aromatic rings. The summed E-state index contributed by atoms with van der Waals surface area (Å²) in [6, 6.07) is 5.93. The molecule has 2 amide bonds. The molecule has 3 rings (SSSR count). The molecule has 2 N–H and O–H groups in total. The molecule has 1 heterocycles. The molecule has 22 heavy (non-hydrogen) atoms. The predicted octanol–water partition coefficient (Wildman–Crippen LogP) is 1.84. The lowest BCUT2D eigenvalue weighted by atomic mass is 10.0. The van der Waals surface area contributed by atoms with E-state index in [1.165, 1.54) is 12.1 Å². The largest absolute Gasteiger partial charge is 0.376 e. The van der Waals surface area contributed by atoms with Crippen LogP contribution in [0.1, 0.15) is 25.7 Å². The van der Waals surface area contributed by atoms with Crippen molar-refractivity contribution in [1.29, 1.82) is 0 Å². The average molecular weight is 306 g/mol. The van der Waals surface area contributed by atoms with Gasteiger partial charge in [-0.05, 0) is 37.8 Å². The van der Waals surface area contributed by atoms with Crippen molar-refractivity contribution in [2.24, 2.45) is 5.41 Å². The van der Waals surface area contributed by atoms with Crippen molar-refractivity contribution >= 4 is 17.5 Å². The number of ether oxygens (including phenoxy) is 1. The molecule has 1 saturated heterocycles. The zero-order valence-corrected chi connectivity index (χ0v) is 12.2. The third-order valence-electron chi connectivity index (χ3n) is 4.26. The lowest BCUT2D eigenvalue weighted by Crippen LogP contribution is -2.42. The fourth-order valence-corrected chi connectivity index (χ4v) is 2.67. The highest BCUT2D eigenvalue weighted by Gasteiger charge is 2.56. The zero-order chi connectivity index (χ0) is 15.6. The quantitative estimate of drug-likeness (QED) is 0.816. The highest BCUT2D eigenvalue weighted by molar-refractivity contribution is 6.13. The SMILES string of the molecule is O=C(NCC1CCCO1)C1(C(=O)Nc2ccccc2F)CC1. The molecule has 0 spiro atoms. The fourth-order valence-electron chi connectivity index (χ4n) is 2.67. The van der Waals surface area contributed by atoms with Crippen LogP contribution in [0.15, 0.2) is 24.3 Å². The van der Waals surface area contributed by atoms with Crippen LogP contribution in [0.2, 0.25) is 0 Å². The highest BCUT2D eigenvalue weighted by Crippen LogP contribution is 2.47. The average Bonchev–Trinajstić information content (AvgIpc) is 3.17. The molecule has 1 saturated carbocycles. The monoisotopic (exact) mass is 306 g/mol. The Labute approximate surface area is 128 Å². The number of benzene rings is 1. The zero-order valence-electron chi connectivity index (χ0n) is 12.2. The summed E-state index contributed by atoms with van der Waals surface area (Å²) in [6.07, 6.45) is 2.94. The van der Waals surface area contributed by atoms with Crippen molar-refractivity contribution in [3.8, 4) is 0 Å². The van der Waals surface area contributed by atoms with Crippen molar-refractivity contribution in [3.63, 3.8) is 0 Å². The van der Waals surface area contributed by atoms with E-state index in [0.29, 0.717) is 19.4 Å². The topological polar surface area (TPSA) is 67.4 Å². The Morgan fingerprint density at radius 3 is 2.68 bits per heavy atom. The molecule has 1 aromatic carbocycles. The van der Waals surface area contributed by atoms with E-state index in [1.54, 1.807) is 12.1 Å². The highest BCUT2D eigenvalue weighted by atomic mass is 19.1. The van der Waals surface area contributed by atoms with E-state index in [4.69, 9.17) is 4.74 Å². The minimum atomic E-state index is -1.05. The van der Waals surface area contributed by atoms with Crippen molar-refractivity contribution in [3.05, 3.63) is 30.1 Å². The van der Waals surface area contributed by atoms with Crippen LogP contribution < -0.4 is 10.6 Å². The van der Waals surface area contributed by atoms with E-state index < -0.39 is 17.1 Å². The van der Waals surface area contributed by atoms with Gasteiger partial charge >= 0.3 is 0 Å². The van der Waals surface area contributed by atoms with E-state index in [9.17, 15) is 14.0 Å². The smallest absolute Gasteiger partial charge is 0.240 e. The lowest BCUT2D eigenvalue weighted by molar-refractivity contribution is -0.134. The summed E-state index contributed by atoms with van der Waals surface area (Å²) in [5.41, 5.74) is -0.952. The van der Waals surface area contributed by atoms with Gasteiger partial charge in [0, 0.05) is 13.2 Å². The molecule has 1 aliphatic carbocycles. The number of carbonyl (C=O) groups is 2.